The molecule has 3 aliphatic heterocycles. The van der Waals surface area contributed by atoms with Crippen LogP contribution in [0.2, 0.25) is 0 Å². The average Bonchev–Trinajstić information content (AvgIpc) is 3.53. The van der Waals surface area contributed by atoms with Crippen LogP contribution in [0.15, 0.2) is 24.3 Å². The number of hydrogen-bond donors (Lipinski definition) is 0. The summed E-state index contributed by atoms with van der Waals surface area (Å²) in [6.07, 6.45) is 3.32. The van der Waals surface area contributed by atoms with Crippen LogP contribution in [0.3, 0.4) is 0 Å². The zero-order valence-corrected chi connectivity index (χ0v) is 19.8. The van der Waals surface area contributed by atoms with Crippen LogP contribution in [0.25, 0.3) is 0 Å². The SMILES string of the molecule is COc1ccc(N2CCN(C(=O)[C@H]3CCCN(c4nnc(N5CCCC5=O)s4)C3)CC2)cc1. The Morgan fingerprint density at radius 3 is 2.42 bits per heavy atom. The number of anilines is 3. The van der Waals surface area contributed by atoms with Crippen LogP contribution in [0.5, 0.6) is 5.75 Å². The summed E-state index contributed by atoms with van der Waals surface area (Å²) in [6.45, 7) is 5.40. The standard InChI is InChI=1S/C23H30N6O3S/c1-32-19-8-6-18(7-9-19)26-12-14-27(15-13-26)21(31)17-4-2-10-28(16-17)22-24-25-23(33-22)29-11-3-5-20(29)30/h6-9,17H,2-5,10-16H2,1H3/t17-/m0/s1. The molecule has 0 unspecified atom stereocenters. The van der Waals surface area contributed by atoms with Crippen molar-refractivity contribution < 1.29 is 14.3 Å². The maximum atomic E-state index is 13.3. The number of benzene rings is 1. The second kappa shape index (κ2) is 9.54. The number of piperazine rings is 1. The van der Waals surface area contributed by atoms with E-state index in [1.54, 1.807) is 12.0 Å². The summed E-state index contributed by atoms with van der Waals surface area (Å²) in [5.74, 6) is 1.20. The lowest BCUT2D eigenvalue weighted by Crippen LogP contribution is -2.52. The van der Waals surface area contributed by atoms with Crippen LogP contribution >= 0.6 is 11.3 Å². The normalized spacial score (nSPS) is 21.6. The number of amides is 2. The van der Waals surface area contributed by atoms with Gasteiger partial charge < -0.3 is 19.4 Å². The van der Waals surface area contributed by atoms with Gasteiger partial charge in [0.25, 0.3) is 0 Å². The van der Waals surface area contributed by atoms with E-state index in [0.717, 1.165) is 75.1 Å². The molecule has 1 aromatic carbocycles. The molecule has 4 heterocycles. The molecule has 33 heavy (non-hydrogen) atoms. The minimum Gasteiger partial charge on any atom is -0.497 e. The zero-order chi connectivity index (χ0) is 22.8. The van der Waals surface area contributed by atoms with E-state index < -0.39 is 0 Å². The molecule has 2 amide bonds. The number of carbonyl (C=O) groups excluding carboxylic acids is 2. The van der Waals surface area contributed by atoms with Gasteiger partial charge in [-0.3, -0.25) is 14.5 Å². The van der Waals surface area contributed by atoms with Crippen molar-refractivity contribution >= 4 is 39.1 Å². The van der Waals surface area contributed by atoms with Crippen molar-refractivity contribution in [3.8, 4) is 5.75 Å². The van der Waals surface area contributed by atoms with Gasteiger partial charge in [0.05, 0.1) is 13.0 Å². The van der Waals surface area contributed by atoms with E-state index in [-0.39, 0.29) is 17.7 Å². The van der Waals surface area contributed by atoms with Crippen LogP contribution in [0, 0.1) is 5.92 Å². The highest BCUT2D eigenvalue weighted by molar-refractivity contribution is 7.19. The van der Waals surface area contributed by atoms with E-state index in [1.807, 2.05) is 17.0 Å². The van der Waals surface area contributed by atoms with E-state index in [4.69, 9.17) is 4.74 Å². The van der Waals surface area contributed by atoms with Crippen molar-refractivity contribution in [1.29, 1.82) is 0 Å². The van der Waals surface area contributed by atoms with Crippen molar-refractivity contribution in [1.82, 2.24) is 15.1 Å². The van der Waals surface area contributed by atoms with Gasteiger partial charge >= 0.3 is 0 Å². The number of rotatable bonds is 5. The van der Waals surface area contributed by atoms with E-state index >= 15 is 0 Å². The number of hydrogen-bond acceptors (Lipinski definition) is 8. The summed E-state index contributed by atoms with van der Waals surface area (Å²) >= 11 is 1.46. The van der Waals surface area contributed by atoms with E-state index in [0.29, 0.717) is 18.1 Å². The highest BCUT2D eigenvalue weighted by atomic mass is 32.1. The number of methoxy groups -OCH3 is 1. The molecular weight excluding hydrogens is 440 g/mol. The first-order valence-corrected chi connectivity index (χ1v) is 12.5. The quantitative estimate of drug-likeness (QED) is 0.663. The first-order valence-electron chi connectivity index (χ1n) is 11.7. The minimum absolute atomic E-state index is 0.0212. The van der Waals surface area contributed by atoms with Gasteiger partial charge in [0.15, 0.2) is 0 Å². The van der Waals surface area contributed by atoms with Crippen molar-refractivity contribution in [3.63, 3.8) is 0 Å². The summed E-state index contributed by atoms with van der Waals surface area (Å²) < 4.78 is 5.24. The summed E-state index contributed by atoms with van der Waals surface area (Å²) in [6, 6.07) is 8.09. The number of carbonyl (C=O) groups is 2. The predicted octanol–water partition coefficient (Wildman–Crippen LogP) is 2.24. The Bertz CT molecular complexity index is 988. The summed E-state index contributed by atoms with van der Waals surface area (Å²) in [4.78, 5) is 33.5. The lowest BCUT2D eigenvalue weighted by atomic mass is 9.96. The van der Waals surface area contributed by atoms with Crippen molar-refractivity contribution in [2.24, 2.45) is 5.92 Å². The Morgan fingerprint density at radius 2 is 1.73 bits per heavy atom. The molecule has 0 N–H and O–H groups in total. The predicted molar refractivity (Wildman–Crippen MR) is 128 cm³/mol. The van der Waals surface area contributed by atoms with Gasteiger partial charge in [-0.2, -0.15) is 0 Å². The van der Waals surface area contributed by atoms with Crippen LogP contribution in [-0.2, 0) is 9.59 Å². The Hall–Kier alpha value is -2.88. The van der Waals surface area contributed by atoms with Crippen molar-refractivity contribution in [2.45, 2.75) is 25.7 Å². The maximum absolute atomic E-state index is 13.3. The van der Waals surface area contributed by atoms with Crippen LogP contribution in [0.4, 0.5) is 16.0 Å². The van der Waals surface area contributed by atoms with Crippen molar-refractivity contribution in [3.05, 3.63) is 24.3 Å². The van der Waals surface area contributed by atoms with Gasteiger partial charge in [-0.1, -0.05) is 11.3 Å². The molecule has 0 aliphatic carbocycles. The van der Waals surface area contributed by atoms with Gasteiger partial charge in [-0.15, -0.1) is 10.2 Å². The van der Waals surface area contributed by atoms with Gasteiger partial charge in [0, 0.05) is 57.9 Å². The summed E-state index contributed by atoms with van der Waals surface area (Å²) in [5, 5.41) is 10.1. The molecule has 9 nitrogen and oxygen atoms in total. The molecule has 0 bridgehead atoms. The largest absolute Gasteiger partial charge is 0.497 e. The van der Waals surface area contributed by atoms with E-state index in [2.05, 4.69) is 32.1 Å². The molecule has 5 rings (SSSR count). The molecule has 3 fully saturated rings. The monoisotopic (exact) mass is 470 g/mol. The molecule has 2 aromatic rings. The third-order valence-electron chi connectivity index (χ3n) is 6.78. The first-order chi connectivity index (χ1) is 16.1. The molecule has 176 valence electrons. The number of ether oxygens (including phenoxy) is 1. The highest BCUT2D eigenvalue weighted by Gasteiger charge is 2.33. The highest BCUT2D eigenvalue weighted by Crippen LogP contribution is 2.32. The fraction of sp³-hybridized carbons (Fsp3) is 0.565. The fourth-order valence-electron chi connectivity index (χ4n) is 4.88. The summed E-state index contributed by atoms with van der Waals surface area (Å²) in [7, 11) is 1.67. The fourth-order valence-corrected chi connectivity index (χ4v) is 5.81. The molecule has 10 heteroatoms. The Kier molecular flexibility index (Phi) is 6.34. The second-order valence-electron chi connectivity index (χ2n) is 8.81. The Balaban J connectivity index is 1.17. The van der Waals surface area contributed by atoms with Gasteiger partial charge in [0.1, 0.15) is 5.75 Å². The number of piperidine rings is 1. The molecule has 1 aromatic heterocycles. The van der Waals surface area contributed by atoms with E-state index in [1.165, 1.54) is 11.3 Å². The molecule has 1 atom stereocenters. The third-order valence-corrected chi connectivity index (χ3v) is 7.79. The number of nitrogens with zero attached hydrogens (tertiary/aromatic N) is 6. The third kappa shape index (κ3) is 4.62. The molecule has 0 radical (unpaired) electrons. The van der Waals surface area contributed by atoms with Crippen molar-refractivity contribution in [2.75, 3.05) is 67.6 Å². The first kappa shape index (κ1) is 21.9. The zero-order valence-electron chi connectivity index (χ0n) is 19.0. The van der Waals surface area contributed by atoms with Gasteiger partial charge in [-0.05, 0) is 43.5 Å². The lowest BCUT2D eigenvalue weighted by molar-refractivity contribution is -0.136. The molecule has 0 spiro atoms. The molecule has 0 saturated carbocycles. The molecule has 3 saturated heterocycles. The van der Waals surface area contributed by atoms with Crippen LogP contribution in [-0.4, -0.2) is 79.8 Å². The topological polar surface area (TPSA) is 82.1 Å². The van der Waals surface area contributed by atoms with E-state index in [9.17, 15) is 9.59 Å². The van der Waals surface area contributed by atoms with Gasteiger partial charge in [-0.25, -0.2) is 0 Å². The molecule has 3 aliphatic rings. The van der Waals surface area contributed by atoms with Crippen LogP contribution < -0.4 is 19.4 Å². The van der Waals surface area contributed by atoms with Crippen LogP contribution in [0.1, 0.15) is 25.7 Å². The summed E-state index contributed by atoms with van der Waals surface area (Å²) in [5.41, 5.74) is 1.16. The Labute approximate surface area is 197 Å². The lowest BCUT2D eigenvalue weighted by Gasteiger charge is -2.39. The molecular formula is C23H30N6O3S. The smallest absolute Gasteiger partial charge is 0.228 e. The minimum atomic E-state index is -0.0212. The maximum Gasteiger partial charge on any atom is 0.228 e. The number of aromatic nitrogens is 2. The average molecular weight is 471 g/mol. The van der Waals surface area contributed by atoms with Gasteiger partial charge in [0.2, 0.25) is 22.1 Å². The second-order valence-corrected chi connectivity index (χ2v) is 9.75. The Morgan fingerprint density at radius 1 is 0.970 bits per heavy atom.